The Morgan fingerprint density at radius 2 is 1.21 bits per heavy atom. The lowest BCUT2D eigenvalue weighted by Gasteiger charge is -2.22. The monoisotopic (exact) mass is 667 g/mol. The fourth-order valence-electron chi connectivity index (χ4n) is 4.64. The van der Waals surface area contributed by atoms with Crippen molar-refractivity contribution in [2.24, 2.45) is 16.5 Å². The van der Waals surface area contributed by atoms with Crippen LogP contribution in [0, 0.1) is 0 Å². The molecule has 13 nitrogen and oxygen atoms in total. The van der Waals surface area contributed by atoms with Crippen LogP contribution in [0.15, 0.2) is 65.7 Å². The van der Waals surface area contributed by atoms with Gasteiger partial charge >= 0.3 is 12.2 Å². The van der Waals surface area contributed by atoms with Gasteiger partial charge in [0.2, 0.25) is 11.8 Å². The second-order valence-electron chi connectivity index (χ2n) is 11.4. The van der Waals surface area contributed by atoms with Gasteiger partial charge < -0.3 is 41.8 Å². The molecule has 0 atom stereocenters. The van der Waals surface area contributed by atoms with Crippen LogP contribution in [0.5, 0.6) is 0 Å². The van der Waals surface area contributed by atoms with E-state index < -0.39 is 12.2 Å². The Morgan fingerprint density at radius 3 is 1.88 bits per heavy atom. The van der Waals surface area contributed by atoms with Crippen molar-refractivity contribution in [2.45, 2.75) is 77.4 Å². The highest BCUT2D eigenvalue weighted by atomic mass is 16.6. The lowest BCUT2D eigenvalue weighted by molar-refractivity contribution is -0.126. The van der Waals surface area contributed by atoms with Crippen molar-refractivity contribution >= 4 is 30.0 Å². The van der Waals surface area contributed by atoms with Crippen LogP contribution in [-0.4, -0.2) is 74.1 Å². The Hall–Kier alpha value is -4.81. The highest BCUT2D eigenvalue weighted by molar-refractivity contribution is 5.84. The summed E-state index contributed by atoms with van der Waals surface area (Å²) in [5.74, 6) is -0.274. The average Bonchev–Trinajstić information content (AvgIpc) is 3.09. The van der Waals surface area contributed by atoms with Gasteiger partial charge in [-0.25, -0.2) is 9.59 Å². The first-order chi connectivity index (χ1) is 23.3. The third kappa shape index (κ3) is 20.3. The van der Waals surface area contributed by atoms with E-state index in [0.717, 1.165) is 49.7 Å². The van der Waals surface area contributed by atoms with Crippen molar-refractivity contribution in [2.75, 3.05) is 39.3 Å². The highest BCUT2D eigenvalue weighted by Crippen LogP contribution is 2.08. The molecule has 4 amide bonds. The Labute approximate surface area is 284 Å². The smallest absolute Gasteiger partial charge is 0.410 e. The minimum atomic E-state index is -0.521. The number of hydrogen-bond donors (Lipinski definition) is 5. The third-order valence-electron chi connectivity index (χ3n) is 7.28. The summed E-state index contributed by atoms with van der Waals surface area (Å²) in [7, 11) is 0. The standard InChI is InChI=1S/C35H53N7O6/c36-33(37)39-22-12-4-2-1-3-11-20-31(43)41-26-32(44)38-21-13-14-24-42(35(46)48-28-30-18-9-6-10-19-30)25-15-23-40-34(45)47-27-29-16-7-5-8-17-29/h5-10,16-19H,1-4,11-15,20-28H2,(H,38,44)(H,40,45)(H,41,43)(H4,36,37,39). The van der Waals surface area contributed by atoms with Gasteiger partial charge in [-0.05, 0) is 43.2 Å². The maximum atomic E-state index is 12.9. The topological polar surface area (TPSA) is 190 Å². The molecule has 7 N–H and O–H groups in total. The molecule has 0 radical (unpaired) electrons. The molecule has 264 valence electrons. The average molecular weight is 668 g/mol. The van der Waals surface area contributed by atoms with Gasteiger partial charge in [0, 0.05) is 39.1 Å². The molecule has 0 heterocycles. The Bertz CT molecular complexity index is 1230. The molecule has 0 bridgehead atoms. The molecule has 0 aliphatic carbocycles. The van der Waals surface area contributed by atoms with E-state index in [1.54, 1.807) is 4.90 Å². The molecule has 2 rings (SSSR count). The summed E-state index contributed by atoms with van der Waals surface area (Å²) in [4.78, 5) is 54.8. The van der Waals surface area contributed by atoms with Gasteiger partial charge in [0.25, 0.3) is 0 Å². The highest BCUT2D eigenvalue weighted by Gasteiger charge is 2.15. The molecule has 2 aromatic carbocycles. The molecule has 0 aromatic heterocycles. The zero-order chi connectivity index (χ0) is 34.7. The number of nitrogens with one attached hydrogen (secondary N) is 3. The SMILES string of the molecule is NC(N)=NCCCCCCCCC(=O)NCC(=O)NCCCCN(CCCNC(=O)OCc1ccccc1)C(=O)OCc1ccccc1. The van der Waals surface area contributed by atoms with Crippen LogP contribution in [-0.2, 0) is 32.3 Å². The predicted octanol–water partition coefficient (Wildman–Crippen LogP) is 3.96. The van der Waals surface area contributed by atoms with Crippen LogP contribution >= 0.6 is 0 Å². The molecular formula is C35H53N7O6. The third-order valence-corrected chi connectivity index (χ3v) is 7.28. The van der Waals surface area contributed by atoms with Crippen LogP contribution in [0.25, 0.3) is 0 Å². The van der Waals surface area contributed by atoms with E-state index >= 15 is 0 Å². The van der Waals surface area contributed by atoms with Crippen molar-refractivity contribution in [3.63, 3.8) is 0 Å². The second kappa shape index (κ2) is 25.3. The van der Waals surface area contributed by atoms with Gasteiger partial charge in [0.05, 0.1) is 6.54 Å². The quantitative estimate of drug-likeness (QED) is 0.0631. The molecule has 48 heavy (non-hydrogen) atoms. The largest absolute Gasteiger partial charge is 0.445 e. The van der Waals surface area contributed by atoms with Crippen LogP contribution in [0.4, 0.5) is 9.59 Å². The molecule has 0 saturated carbocycles. The van der Waals surface area contributed by atoms with Gasteiger partial charge in [-0.1, -0.05) is 86.3 Å². The minimum Gasteiger partial charge on any atom is -0.445 e. The molecular weight excluding hydrogens is 614 g/mol. The van der Waals surface area contributed by atoms with Crippen LogP contribution in [0.1, 0.15) is 75.3 Å². The van der Waals surface area contributed by atoms with Gasteiger partial charge in [-0.15, -0.1) is 0 Å². The van der Waals surface area contributed by atoms with E-state index in [0.29, 0.717) is 58.4 Å². The van der Waals surface area contributed by atoms with Crippen LogP contribution in [0.2, 0.25) is 0 Å². The summed E-state index contributed by atoms with van der Waals surface area (Å²) in [6, 6.07) is 18.8. The molecule has 0 fully saturated rings. The molecule has 13 heteroatoms. The number of amides is 4. The van der Waals surface area contributed by atoms with Crippen LogP contribution < -0.4 is 27.4 Å². The Kier molecular flexibility index (Phi) is 20.8. The Morgan fingerprint density at radius 1 is 0.625 bits per heavy atom. The zero-order valence-electron chi connectivity index (χ0n) is 28.0. The molecule has 0 aliphatic heterocycles. The second-order valence-corrected chi connectivity index (χ2v) is 11.4. The zero-order valence-corrected chi connectivity index (χ0v) is 28.0. The summed E-state index contributed by atoms with van der Waals surface area (Å²) >= 11 is 0. The van der Waals surface area contributed by atoms with E-state index in [1.165, 1.54) is 0 Å². The number of carbonyl (C=O) groups is 4. The number of ether oxygens (including phenoxy) is 2. The lowest BCUT2D eigenvalue weighted by Crippen LogP contribution is -2.38. The summed E-state index contributed by atoms with van der Waals surface area (Å²) in [5.41, 5.74) is 12.4. The molecule has 0 unspecified atom stereocenters. The summed E-state index contributed by atoms with van der Waals surface area (Å²) in [6.45, 7) is 2.47. The summed E-state index contributed by atoms with van der Waals surface area (Å²) in [5, 5.41) is 8.19. The first-order valence-corrected chi connectivity index (χ1v) is 16.8. The maximum absolute atomic E-state index is 12.9. The summed E-state index contributed by atoms with van der Waals surface area (Å²) < 4.78 is 10.8. The number of guanidine groups is 1. The first kappa shape index (κ1) is 39.4. The van der Waals surface area contributed by atoms with Gasteiger partial charge in [-0.3, -0.25) is 14.6 Å². The van der Waals surface area contributed by atoms with Gasteiger partial charge in [0.1, 0.15) is 13.2 Å². The van der Waals surface area contributed by atoms with Crippen molar-refractivity contribution in [1.29, 1.82) is 0 Å². The van der Waals surface area contributed by atoms with E-state index in [4.69, 9.17) is 20.9 Å². The van der Waals surface area contributed by atoms with Crippen molar-refractivity contribution in [3.8, 4) is 0 Å². The normalized spacial score (nSPS) is 10.4. The lowest BCUT2D eigenvalue weighted by atomic mass is 10.1. The number of nitrogens with zero attached hydrogens (tertiary/aromatic N) is 2. The maximum Gasteiger partial charge on any atom is 0.410 e. The molecule has 2 aromatic rings. The van der Waals surface area contributed by atoms with Crippen LogP contribution in [0.3, 0.4) is 0 Å². The number of carbonyl (C=O) groups excluding carboxylic acids is 4. The number of alkyl carbamates (subject to hydrolysis) is 1. The number of unbranched alkanes of at least 4 members (excludes halogenated alkanes) is 6. The van der Waals surface area contributed by atoms with Gasteiger partial charge in [0.15, 0.2) is 5.96 Å². The number of benzene rings is 2. The fourth-order valence-corrected chi connectivity index (χ4v) is 4.64. The van der Waals surface area contributed by atoms with E-state index in [1.807, 2.05) is 60.7 Å². The first-order valence-electron chi connectivity index (χ1n) is 16.8. The van der Waals surface area contributed by atoms with Crippen molar-refractivity contribution < 1.29 is 28.7 Å². The predicted molar refractivity (Wildman–Crippen MR) is 186 cm³/mol. The van der Waals surface area contributed by atoms with E-state index in [2.05, 4.69) is 20.9 Å². The van der Waals surface area contributed by atoms with Crippen molar-refractivity contribution in [3.05, 3.63) is 71.8 Å². The van der Waals surface area contributed by atoms with E-state index in [-0.39, 0.29) is 37.5 Å². The summed E-state index contributed by atoms with van der Waals surface area (Å²) in [6.07, 6.45) is 7.04. The minimum absolute atomic E-state index is 0.0671. The Balaban J connectivity index is 1.60. The van der Waals surface area contributed by atoms with Crippen molar-refractivity contribution in [1.82, 2.24) is 20.9 Å². The van der Waals surface area contributed by atoms with E-state index in [9.17, 15) is 19.2 Å². The number of aliphatic imine (C=N–C) groups is 1. The number of nitrogens with two attached hydrogens (primary N) is 2. The number of hydrogen-bond acceptors (Lipinski definition) is 7. The molecule has 0 saturated heterocycles. The number of rotatable bonds is 24. The molecule has 0 aliphatic rings. The molecule has 0 spiro atoms. The fraction of sp³-hybridized carbons (Fsp3) is 0.514. The van der Waals surface area contributed by atoms with Gasteiger partial charge in [-0.2, -0.15) is 0 Å².